The highest BCUT2D eigenvalue weighted by Crippen LogP contribution is 2.15. The summed E-state index contributed by atoms with van der Waals surface area (Å²) >= 11 is 2.15. The quantitative estimate of drug-likeness (QED) is 0.767. The molecule has 0 aliphatic carbocycles. The minimum Gasteiger partial charge on any atom is -0.263 e. The van der Waals surface area contributed by atoms with Crippen LogP contribution >= 0.6 is 22.6 Å². The fraction of sp³-hybridized carbons (Fsp3) is 0.0833. The van der Waals surface area contributed by atoms with E-state index in [-0.39, 0.29) is 0 Å². The molecule has 0 amide bonds. The molecular formula is C12H8F2IN. The number of halogens is 3. The van der Waals surface area contributed by atoms with Crippen LogP contribution in [-0.2, 0) is 6.42 Å². The number of hydrogen-bond donors (Lipinski definition) is 0. The van der Waals surface area contributed by atoms with Crippen LogP contribution in [0.15, 0.2) is 36.7 Å². The Morgan fingerprint density at radius 2 is 1.94 bits per heavy atom. The molecule has 0 unspecified atom stereocenters. The van der Waals surface area contributed by atoms with Crippen molar-refractivity contribution >= 4 is 22.6 Å². The lowest BCUT2D eigenvalue weighted by atomic mass is 10.1. The van der Waals surface area contributed by atoms with Crippen molar-refractivity contribution in [3.05, 3.63) is 63.0 Å². The van der Waals surface area contributed by atoms with E-state index in [4.69, 9.17) is 0 Å². The molecule has 0 bridgehead atoms. The summed E-state index contributed by atoms with van der Waals surface area (Å²) in [5.74, 6) is -1.07. The Labute approximate surface area is 106 Å². The zero-order chi connectivity index (χ0) is 11.5. The Hall–Kier alpha value is -1.04. The Morgan fingerprint density at radius 3 is 2.62 bits per heavy atom. The molecule has 4 heteroatoms. The van der Waals surface area contributed by atoms with Crippen molar-refractivity contribution in [1.29, 1.82) is 0 Å². The predicted octanol–water partition coefficient (Wildman–Crippen LogP) is 3.56. The predicted molar refractivity (Wildman–Crippen MR) is 66.1 cm³/mol. The number of rotatable bonds is 2. The second-order valence-electron chi connectivity index (χ2n) is 3.42. The van der Waals surface area contributed by atoms with E-state index in [0.29, 0.717) is 12.0 Å². The lowest BCUT2D eigenvalue weighted by molar-refractivity contribution is 0.574. The number of nitrogens with zero attached hydrogens (tertiary/aromatic N) is 1. The minimum atomic E-state index is -0.554. The Bertz CT molecular complexity index is 514. The maximum Gasteiger partial charge on any atom is 0.129 e. The molecular weight excluding hydrogens is 323 g/mol. The molecule has 2 aromatic rings. The van der Waals surface area contributed by atoms with E-state index in [0.717, 1.165) is 15.2 Å². The molecule has 1 heterocycles. The van der Waals surface area contributed by atoms with Crippen LogP contribution in [0.1, 0.15) is 11.1 Å². The summed E-state index contributed by atoms with van der Waals surface area (Å²) in [5.41, 5.74) is 1.39. The summed E-state index contributed by atoms with van der Waals surface area (Å²) in [6.45, 7) is 0. The summed E-state index contributed by atoms with van der Waals surface area (Å²) < 4.78 is 27.1. The van der Waals surface area contributed by atoms with Gasteiger partial charge in [0.1, 0.15) is 11.6 Å². The van der Waals surface area contributed by atoms with Crippen LogP contribution in [0.2, 0.25) is 0 Å². The molecule has 16 heavy (non-hydrogen) atoms. The number of pyridine rings is 1. The van der Waals surface area contributed by atoms with E-state index >= 15 is 0 Å². The molecule has 0 aliphatic heterocycles. The van der Waals surface area contributed by atoms with Gasteiger partial charge < -0.3 is 0 Å². The molecule has 0 N–H and O–H groups in total. The molecule has 1 aromatic carbocycles. The molecule has 1 nitrogen and oxygen atoms in total. The third-order valence-electron chi connectivity index (χ3n) is 2.17. The second kappa shape index (κ2) is 4.86. The smallest absolute Gasteiger partial charge is 0.129 e. The summed E-state index contributed by atoms with van der Waals surface area (Å²) in [5, 5.41) is 0. The molecule has 2 rings (SSSR count). The van der Waals surface area contributed by atoms with E-state index in [1.165, 1.54) is 12.1 Å². The van der Waals surface area contributed by atoms with Crippen molar-refractivity contribution in [2.24, 2.45) is 0 Å². The first-order chi connectivity index (χ1) is 7.65. The van der Waals surface area contributed by atoms with Crippen molar-refractivity contribution < 1.29 is 8.78 Å². The van der Waals surface area contributed by atoms with Gasteiger partial charge in [0.15, 0.2) is 0 Å². The molecule has 82 valence electrons. The maximum absolute atomic E-state index is 13.4. The van der Waals surface area contributed by atoms with Gasteiger partial charge in [-0.3, -0.25) is 4.98 Å². The van der Waals surface area contributed by atoms with E-state index < -0.39 is 11.6 Å². The van der Waals surface area contributed by atoms with E-state index in [2.05, 4.69) is 27.6 Å². The average Bonchev–Trinajstić information content (AvgIpc) is 2.22. The summed E-state index contributed by atoms with van der Waals surface area (Å²) in [6, 6.07) is 5.55. The van der Waals surface area contributed by atoms with Crippen LogP contribution in [0.3, 0.4) is 0 Å². The van der Waals surface area contributed by atoms with Crippen LogP contribution in [0.25, 0.3) is 0 Å². The van der Waals surface area contributed by atoms with Gasteiger partial charge in [0.05, 0.1) is 0 Å². The van der Waals surface area contributed by atoms with Crippen LogP contribution in [-0.4, -0.2) is 4.98 Å². The van der Waals surface area contributed by atoms with Gasteiger partial charge in [-0.05, 0) is 45.9 Å². The monoisotopic (exact) mass is 331 g/mol. The largest absolute Gasteiger partial charge is 0.263 e. The Kier molecular flexibility index (Phi) is 3.48. The first-order valence-corrected chi connectivity index (χ1v) is 5.76. The van der Waals surface area contributed by atoms with Crippen LogP contribution in [0.5, 0.6) is 0 Å². The van der Waals surface area contributed by atoms with Crippen molar-refractivity contribution in [1.82, 2.24) is 4.98 Å². The fourth-order valence-corrected chi connectivity index (χ4v) is 2.00. The molecule has 0 radical (unpaired) electrons. The van der Waals surface area contributed by atoms with Gasteiger partial charge in [-0.2, -0.15) is 0 Å². The third-order valence-corrected chi connectivity index (χ3v) is 2.76. The van der Waals surface area contributed by atoms with Crippen molar-refractivity contribution in [2.45, 2.75) is 6.42 Å². The normalized spacial score (nSPS) is 10.4. The standard InChI is InChI=1S/C12H8F2IN/c13-10-2-1-9(12(14)5-10)3-8-4-11(15)7-16-6-8/h1-2,4-7H,3H2. The fourth-order valence-electron chi connectivity index (χ4n) is 1.44. The molecule has 1 aromatic heterocycles. The molecule has 0 aliphatic rings. The lowest BCUT2D eigenvalue weighted by Crippen LogP contribution is -1.94. The molecule has 0 spiro atoms. The van der Waals surface area contributed by atoms with E-state index in [1.54, 1.807) is 12.4 Å². The SMILES string of the molecule is Fc1ccc(Cc2cncc(I)c2)c(F)c1. The highest BCUT2D eigenvalue weighted by atomic mass is 127. The summed E-state index contributed by atoms with van der Waals surface area (Å²) in [7, 11) is 0. The minimum absolute atomic E-state index is 0.427. The molecule has 0 saturated heterocycles. The highest BCUT2D eigenvalue weighted by Gasteiger charge is 2.05. The Morgan fingerprint density at radius 1 is 1.12 bits per heavy atom. The maximum atomic E-state index is 13.4. The van der Waals surface area contributed by atoms with Gasteiger partial charge in [-0.1, -0.05) is 6.07 Å². The summed E-state index contributed by atoms with van der Waals surface area (Å²) in [4.78, 5) is 4.02. The topological polar surface area (TPSA) is 12.9 Å². The van der Waals surface area contributed by atoms with Gasteiger partial charge in [0.2, 0.25) is 0 Å². The zero-order valence-electron chi connectivity index (χ0n) is 8.25. The van der Waals surface area contributed by atoms with Crippen LogP contribution < -0.4 is 0 Å². The molecule has 0 atom stereocenters. The zero-order valence-corrected chi connectivity index (χ0v) is 10.4. The number of hydrogen-bond acceptors (Lipinski definition) is 1. The molecule has 0 saturated carbocycles. The lowest BCUT2D eigenvalue weighted by Gasteiger charge is -2.03. The first-order valence-electron chi connectivity index (χ1n) is 4.68. The molecule has 0 fully saturated rings. The second-order valence-corrected chi connectivity index (χ2v) is 4.67. The van der Waals surface area contributed by atoms with Gasteiger partial charge >= 0.3 is 0 Å². The van der Waals surface area contributed by atoms with Gasteiger partial charge in [0.25, 0.3) is 0 Å². The number of aromatic nitrogens is 1. The first kappa shape index (κ1) is 11.4. The van der Waals surface area contributed by atoms with Gasteiger partial charge in [0, 0.05) is 28.5 Å². The van der Waals surface area contributed by atoms with Gasteiger partial charge in [-0.25, -0.2) is 8.78 Å². The van der Waals surface area contributed by atoms with Crippen molar-refractivity contribution in [3.8, 4) is 0 Å². The third kappa shape index (κ3) is 2.75. The van der Waals surface area contributed by atoms with E-state index in [1.807, 2.05) is 6.07 Å². The van der Waals surface area contributed by atoms with Crippen LogP contribution in [0, 0.1) is 15.2 Å². The average molecular weight is 331 g/mol. The van der Waals surface area contributed by atoms with Crippen molar-refractivity contribution in [2.75, 3.05) is 0 Å². The van der Waals surface area contributed by atoms with E-state index in [9.17, 15) is 8.78 Å². The Balaban J connectivity index is 2.27. The van der Waals surface area contributed by atoms with Crippen molar-refractivity contribution in [3.63, 3.8) is 0 Å². The summed E-state index contributed by atoms with van der Waals surface area (Å²) in [6.07, 6.45) is 3.84. The van der Waals surface area contributed by atoms with Gasteiger partial charge in [-0.15, -0.1) is 0 Å². The highest BCUT2D eigenvalue weighted by molar-refractivity contribution is 14.1. The van der Waals surface area contributed by atoms with Crippen LogP contribution in [0.4, 0.5) is 8.78 Å². The number of benzene rings is 1.